The van der Waals surface area contributed by atoms with Crippen molar-refractivity contribution in [3.63, 3.8) is 0 Å². The van der Waals surface area contributed by atoms with E-state index in [-0.39, 0.29) is 5.56 Å². The molecule has 1 aromatic rings. The molecule has 1 aromatic heterocycles. The zero-order valence-corrected chi connectivity index (χ0v) is 11.0. The second-order valence-electron chi connectivity index (χ2n) is 4.33. The third-order valence-electron chi connectivity index (χ3n) is 3.04. The van der Waals surface area contributed by atoms with Crippen LogP contribution in [0.1, 0.15) is 31.3 Å². The molecular formula is C12H6N2O6S. The Labute approximate surface area is 117 Å². The van der Waals surface area contributed by atoms with Gasteiger partial charge in [-0.1, -0.05) is 0 Å². The van der Waals surface area contributed by atoms with Gasteiger partial charge in [0.05, 0.1) is 11.3 Å². The first-order chi connectivity index (χ1) is 9.83. The second-order valence-corrected chi connectivity index (χ2v) is 6.30. The molecule has 0 saturated carbocycles. The lowest BCUT2D eigenvalue weighted by Crippen LogP contribution is -2.31. The number of fused-ring (bicyclic) bond motifs is 1. The molecule has 0 saturated heterocycles. The molecule has 2 heterocycles. The van der Waals surface area contributed by atoms with Crippen LogP contribution >= 0.6 is 0 Å². The first-order valence-electron chi connectivity index (χ1n) is 5.66. The van der Waals surface area contributed by atoms with E-state index in [4.69, 9.17) is 5.11 Å². The maximum Gasteiger partial charge on any atom is 0.354 e. The number of hydrogen-bond acceptors (Lipinski definition) is 7. The molecule has 0 aromatic carbocycles. The quantitative estimate of drug-likeness (QED) is 0.764. The van der Waals surface area contributed by atoms with Crippen molar-refractivity contribution in [2.75, 3.05) is 5.75 Å². The maximum atomic E-state index is 12.3. The largest absolute Gasteiger partial charge is 0.477 e. The monoisotopic (exact) mass is 306 g/mol. The second kappa shape index (κ2) is 4.16. The third-order valence-corrected chi connectivity index (χ3v) is 4.62. The van der Waals surface area contributed by atoms with Crippen molar-refractivity contribution in [2.45, 2.75) is 0 Å². The molecule has 0 spiro atoms. The molecule has 0 radical (unpaired) electrons. The fraction of sp³-hybridized carbons (Fsp3) is 0.0833. The van der Waals surface area contributed by atoms with Crippen LogP contribution in [-0.2, 0) is 9.84 Å². The first-order valence-corrected chi connectivity index (χ1v) is 7.31. The van der Waals surface area contributed by atoms with E-state index >= 15 is 0 Å². The van der Waals surface area contributed by atoms with Gasteiger partial charge < -0.3 is 5.11 Å². The van der Waals surface area contributed by atoms with Crippen LogP contribution in [-0.4, -0.2) is 48.0 Å². The molecule has 0 amide bonds. The zero-order chi connectivity index (χ0) is 15.4. The van der Waals surface area contributed by atoms with Crippen molar-refractivity contribution >= 4 is 33.6 Å². The average molecular weight is 306 g/mol. The van der Waals surface area contributed by atoms with Crippen molar-refractivity contribution < 1.29 is 27.9 Å². The van der Waals surface area contributed by atoms with Gasteiger partial charge in [-0.25, -0.2) is 18.2 Å². The Kier molecular flexibility index (Phi) is 2.63. The van der Waals surface area contributed by atoms with E-state index < -0.39 is 55.1 Å². The fourth-order valence-corrected chi connectivity index (χ4v) is 3.35. The molecule has 106 valence electrons. The van der Waals surface area contributed by atoms with Gasteiger partial charge in [0.25, 0.3) is 0 Å². The number of sulfone groups is 1. The van der Waals surface area contributed by atoms with Crippen LogP contribution in [0.25, 0.3) is 0 Å². The standard InChI is InChI=1S/C12H6N2O6S/c15-9-5-1-2-6(12(17)18)14-7(5)10(16)11-8(9)13-3-4-21(11,19)20/h1-3H,4H2,(H,17,18). The molecule has 3 rings (SSSR count). The number of aromatic carboxylic acids is 1. The molecule has 1 aliphatic heterocycles. The summed E-state index contributed by atoms with van der Waals surface area (Å²) in [5.74, 6) is -3.64. The number of carboxylic acids is 1. The topological polar surface area (TPSA) is 131 Å². The Morgan fingerprint density at radius 2 is 1.90 bits per heavy atom. The highest BCUT2D eigenvalue weighted by molar-refractivity contribution is 7.97. The number of pyridine rings is 1. The molecule has 2 aliphatic rings. The maximum absolute atomic E-state index is 12.3. The molecule has 0 fully saturated rings. The molecule has 0 bridgehead atoms. The van der Waals surface area contributed by atoms with Crippen LogP contribution < -0.4 is 0 Å². The lowest BCUT2D eigenvalue weighted by Gasteiger charge is -2.19. The normalized spacial score (nSPS) is 19.2. The van der Waals surface area contributed by atoms with E-state index in [1.54, 1.807) is 0 Å². The number of hydrogen-bond donors (Lipinski definition) is 1. The predicted molar refractivity (Wildman–Crippen MR) is 69.2 cm³/mol. The van der Waals surface area contributed by atoms with Gasteiger partial charge in [-0.15, -0.1) is 0 Å². The molecule has 9 heteroatoms. The summed E-state index contributed by atoms with van der Waals surface area (Å²) in [6.07, 6.45) is 1.05. The van der Waals surface area contributed by atoms with Crippen LogP contribution in [0.15, 0.2) is 27.7 Å². The number of nitrogens with zero attached hydrogens (tertiary/aromatic N) is 2. The van der Waals surface area contributed by atoms with Gasteiger partial charge in [0.15, 0.2) is 9.84 Å². The van der Waals surface area contributed by atoms with E-state index in [2.05, 4.69) is 9.98 Å². The van der Waals surface area contributed by atoms with Gasteiger partial charge in [-0.05, 0) is 12.1 Å². The lowest BCUT2D eigenvalue weighted by atomic mass is 9.96. The molecule has 1 aliphatic carbocycles. The van der Waals surface area contributed by atoms with Crippen LogP contribution in [0, 0.1) is 0 Å². The first kappa shape index (κ1) is 13.3. The number of aromatic nitrogens is 1. The minimum absolute atomic E-state index is 0.155. The molecule has 0 atom stereocenters. The molecule has 21 heavy (non-hydrogen) atoms. The molecule has 8 nitrogen and oxygen atoms in total. The summed E-state index contributed by atoms with van der Waals surface area (Å²) in [4.78, 5) is 41.9. The summed E-state index contributed by atoms with van der Waals surface area (Å²) in [7, 11) is -3.97. The Morgan fingerprint density at radius 3 is 2.57 bits per heavy atom. The van der Waals surface area contributed by atoms with Gasteiger partial charge >= 0.3 is 5.97 Å². The number of carbonyl (C=O) groups is 3. The number of ketones is 2. The number of Topliss-reactive ketones (excluding diaryl/α,β-unsaturated/α-hetero) is 2. The van der Waals surface area contributed by atoms with Gasteiger partial charge in [0.2, 0.25) is 11.6 Å². The van der Waals surface area contributed by atoms with E-state index in [9.17, 15) is 22.8 Å². The lowest BCUT2D eigenvalue weighted by molar-refractivity contribution is 0.0689. The summed E-state index contributed by atoms with van der Waals surface area (Å²) in [6, 6.07) is 2.20. The average Bonchev–Trinajstić information content (AvgIpc) is 2.43. The minimum Gasteiger partial charge on any atom is -0.477 e. The third kappa shape index (κ3) is 1.82. The van der Waals surface area contributed by atoms with Crippen LogP contribution in [0.4, 0.5) is 0 Å². The van der Waals surface area contributed by atoms with Crippen molar-refractivity contribution in [2.24, 2.45) is 4.99 Å². The van der Waals surface area contributed by atoms with Crippen LogP contribution in [0.2, 0.25) is 0 Å². The Bertz CT molecular complexity index is 894. The highest BCUT2D eigenvalue weighted by Crippen LogP contribution is 2.31. The SMILES string of the molecule is O=C(O)c1ccc2c(n1)C(=O)C1=C(N=CCS1(=O)=O)C2=O. The van der Waals surface area contributed by atoms with Crippen molar-refractivity contribution in [3.8, 4) is 0 Å². The Hall–Kier alpha value is -2.68. The van der Waals surface area contributed by atoms with E-state index in [0.29, 0.717) is 0 Å². The zero-order valence-electron chi connectivity index (χ0n) is 10.2. The number of aliphatic imine (C=N–C) groups is 1. The smallest absolute Gasteiger partial charge is 0.354 e. The Balaban J connectivity index is 2.31. The molecule has 0 unspecified atom stereocenters. The molecular weight excluding hydrogens is 300 g/mol. The van der Waals surface area contributed by atoms with Crippen LogP contribution in [0.3, 0.4) is 0 Å². The van der Waals surface area contributed by atoms with Gasteiger partial charge in [-0.3, -0.25) is 14.6 Å². The summed E-state index contributed by atoms with van der Waals surface area (Å²) in [6.45, 7) is 0. The predicted octanol–water partition coefficient (Wildman–Crippen LogP) is -0.130. The minimum atomic E-state index is -3.97. The highest BCUT2D eigenvalue weighted by atomic mass is 32.2. The molecule has 1 N–H and O–H groups in total. The van der Waals surface area contributed by atoms with Crippen LogP contribution in [0.5, 0.6) is 0 Å². The Morgan fingerprint density at radius 1 is 1.19 bits per heavy atom. The van der Waals surface area contributed by atoms with Gasteiger partial charge in [-0.2, -0.15) is 0 Å². The van der Waals surface area contributed by atoms with E-state index in [1.807, 2.05) is 0 Å². The summed E-state index contributed by atoms with van der Waals surface area (Å²) in [5, 5.41) is 8.86. The van der Waals surface area contributed by atoms with Crippen molar-refractivity contribution in [1.82, 2.24) is 4.98 Å². The van der Waals surface area contributed by atoms with Crippen molar-refractivity contribution in [1.29, 1.82) is 0 Å². The van der Waals surface area contributed by atoms with E-state index in [0.717, 1.165) is 18.3 Å². The van der Waals surface area contributed by atoms with E-state index in [1.165, 1.54) is 0 Å². The van der Waals surface area contributed by atoms with Gasteiger partial charge in [0, 0.05) is 6.21 Å². The fourth-order valence-electron chi connectivity index (χ4n) is 2.10. The summed E-state index contributed by atoms with van der Waals surface area (Å²) >= 11 is 0. The number of carbonyl (C=O) groups excluding carboxylic acids is 2. The van der Waals surface area contributed by atoms with Crippen molar-refractivity contribution in [3.05, 3.63) is 39.7 Å². The number of carboxylic acid groups (broad SMARTS) is 1. The van der Waals surface area contributed by atoms with Gasteiger partial charge in [0.1, 0.15) is 22.0 Å². The highest BCUT2D eigenvalue weighted by Gasteiger charge is 2.41. The number of rotatable bonds is 1. The number of allylic oxidation sites excluding steroid dienone is 2. The summed E-state index contributed by atoms with van der Waals surface area (Å²) in [5.41, 5.74) is -1.52. The summed E-state index contributed by atoms with van der Waals surface area (Å²) < 4.78 is 23.9.